The fraction of sp³-hybridized carbons (Fsp3) is 0.0690. The van der Waals surface area contributed by atoms with Gasteiger partial charge >= 0.3 is 0 Å². The fourth-order valence-corrected chi connectivity index (χ4v) is 8.51. The van der Waals surface area contributed by atoms with Crippen LogP contribution in [0.15, 0.2) is 177 Å². The Labute approximate surface area is 403 Å². The highest BCUT2D eigenvalue weighted by Gasteiger charge is 2.22. The normalized spacial score (nSPS) is 14.1. The van der Waals surface area contributed by atoms with Crippen LogP contribution in [0.25, 0.3) is 83.2 Å². The van der Waals surface area contributed by atoms with Gasteiger partial charge in [-0.2, -0.15) is 0 Å². The number of pyridine rings is 4. The summed E-state index contributed by atoms with van der Waals surface area (Å²) < 4.78 is 166. The first-order valence-corrected chi connectivity index (χ1v) is 21.4. The van der Waals surface area contributed by atoms with Gasteiger partial charge in [0.25, 0.3) is 0 Å². The minimum Gasteiger partial charge on any atom is -0.298 e. The van der Waals surface area contributed by atoms with E-state index in [0.29, 0.717) is 56.1 Å². The predicted molar refractivity (Wildman–Crippen MR) is 258 cm³/mol. The number of imidazole rings is 1. The molecule has 0 amide bonds. The first-order valence-electron chi connectivity index (χ1n) is 25.4. The summed E-state index contributed by atoms with van der Waals surface area (Å²) in [5.74, 6) is -4.81. The van der Waals surface area contributed by atoms with Crippen LogP contribution in [0.3, 0.4) is 0 Å². The SMILES string of the molecule is [2H]C([2H])(c1ccc(-c2ccc(F)cc2F)nc1)C([2H])([2H])c1cc(-c2cc(F)ccc2-c2cnc3c4ccc(F)cc4n4cncc4c3c2-c2ccccc2)cc(C([2H])([2H])C([2H])([2H])c2ccc(-c3ccc(F)cc3F)nc2)c1. The van der Waals surface area contributed by atoms with Crippen LogP contribution >= 0.6 is 0 Å². The molecule has 0 saturated heterocycles. The second kappa shape index (κ2) is 18.0. The van der Waals surface area contributed by atoms with Crippen molar-refractivity contribution in [1.82, 2.24) is 24.3 Å². The van der Waals surface area contributed by atoms with Crippen LogP contribution in [0, 0.1) is 34.9 Å². The summed E-state index contributed by atoms with van der Waals surface area (Å²) in [5, 5.41) is 1.16. The first kappa shape index (κ1) is 34.8. The van der Waals surface area contributed by atoms with Crippen LogP contribution in [0.2, 0.25) is 0 Å². The molecular formula is C58H37F6N5. The fourth-order valence-electron chi connectivity index (χ4n) is 8.51. The number of hydrogen-bond donors (Lipinski definition) is 0. The van der Waals surface area contributed by atoms with E-state index in [9.17, 15) is 32.9 Å². The molecule has 0 aliphatic carbocycles. The molecule has 5 nitrogen and oxygen atoms in total. The number of aromatic nitrogens is 5. The lowest BCUT2D eigenvalue weighted by Gasteiger charge is -2.19. The Bertz CT molecular complexity index is 4000. The van der Waals surface area contributed by atoms with Crippen molar-refractivity contribution in [2.24, 2.45) is 0 Å². The van der Waals surface area contributed by atoms with Gasteiger partial charge in [0.15, 0.2) is 0 Å². The lowest BCUT2D eigenvalue weighted by Crippen LogP contribution is -2.00. The third kappa shape index (κ3) is 8.48. The molecule has 11 rings (SSSR count). The van der Waals surface area contributed by atoms with E-state index in [1.165, 1.54) is 60.7 Å². The molecule has 69 heavy (non-hydrogen) atoms. The van der Waals surface area contributed by atoms with Gasteiger partial charge in [-0.05, 0) is 137 Å². The zero-order valence-corrected chi connectivity index (χ0v) is 35.7. The molecule has 0 aliphatic heterocycles. The molecule has 5 heterocycles. The molecule has 6 aromatic carbocycles. The van der Waals surface area contributed by atoms with Crippen molar-refractivity contribution in [3.05, 3.63) is 234 Å². The minimum atomic E-state index is -3.14. The van der Waals surface area contributed by atoms with Crippen LogP contribution in [-0.2, 0) is 25.5 Å². The molecule has 11 aromatic rings. The molecular weight excluding hydrogens is 881 g/mol. The second-order valence-electron chi connectivity index (χ2n) is 16.0. The molecule has 0 N–H and O–H groups in total. The minimum absolute atomic E-state index is 0.0135. The zero-order valence-electron chi connectivity index (χ0n) is 43.7. The predicted octanol–water partition coefficient (Wildman–Crippen LogP) is 14.6. The standard InChI is InChI=1S/C58H37F6N5/c59-40-12-16-44(49-31-68-58-47-19-15-43(62)28-54(47)69-33-65-32-55(69)57(58)56(49)38-4-2-1-3-5-38)48(25-40)39-23-36(8-6-34-10-20-52(66-29-34)45-17-13-41(60)26-50(45)63)22-37(24-39)9-7-35-11-21-53(67-30-35)46-18-14-42(61)27-51(46)64/h1-5,10-33H,6-9H2/i6D2,7D2,8D2,9D2. The zero-order chi connectivity index (χ0) is 54.3. The number of fused-ring (bicyclic) bond motifs is 6. The van der Waals surface area contributed by atoms with Crippen molar-refractivity contribution in [3.63, 3.8) is 0 Å². The molecule has 0 unspecified atom stereocenters. The molecule has 0 fully saturated rings. The Hall–Kier alpha value is -8.44. The highest BCUT2D eigenvalue weighted by atomic mass is 19.2. The van der Waals surface area contributed by atoms with E-state index in [-0.39, 0.29) is 50.3 Å². The summed E-state index contributed by atoms with van der Waals surface area (Å²) in [6.07, 6.45) is -5.67. The maximum absolute atomic E-state index is 16.1. The molecule has 0 saturated carbocycles. The van der Waals surface area contributed by atoms with Gasteiger partial charge in [-0.25, -0.2) is 31.3 Å². The second-order valence-corrected chi connectivity index (χ2v) is 16.0. The monoisotopic (exact) mass is 925 g/mol. The summed E-state index contributed by atoms with van der Waals surface area (Å²) in [6, 6.07) is 31.1. The Morgan fingerprint density at radius 3 is 1.58 bits per heavy atom. The van der Waals surface area contributed by atoms with Crippen molar-refractivity contribution in [2.45, 2.75) is 25.5 Å². The third-order valence-corrected chi connectivity index (χ3v) is 11.7. The summed E-state index contributed by atoms with van der Waals surface area (Å²) in [5.41, 5.74) is 1.44. The van der Waals surface area contributed by atoms with Gasteiger partial charge in [-0.3, -0.25) is 19.4 Å². The molecule has 0 aliphatic rings. The average molecular weight is 926 g/mol. The third-order valence-electron chi connectivity index (χ3n) is 11.7. The van der Waals surface area contributed by atoms with Gasteiger partial charge < -0.3 is 0 Å². The van der Waals surface area contributed by atoms with E-state index in [0.717, 1.165) is 48.8 Å². The topological polar surface area (TPSA) is 56.0 Å². The van der Waals surface area contributed by atoms with Crippen molar-refractivity contribution in [2.75, 3.05) is 0 Å². The van der Waals surface area contributed by atoms with Crippen molar-refractivity contribution in [3.8, 4) is 55.9 Å². The number of benzene rings is 6. The van der Waals surface area contributed by atoms with Gasteiger partial charge in [-0.1, -0.05) is 66.7 Å². The van der Waals surface area contributed by atoms with Crippen LogP contribution in [-0.4, -0.2) is 24.3 Å². The van der Waals surface area contributed by atoms with E-state index < -0.39 is 71.5 Å². The number of rotatable bonds is 11. The Kier molecular flexibility index (Phi) is 9.07. The number of nitrogens with zero attached hydrogens (tertiary/aromatic N) is 5. The van der Waals surface area contributed by atoms with Crippen molar-refractivity contribution < 1.29 is 37.3 Å². The van der Waals surface area contributed by atoms with Gasteiger partial charge in [0.05, 0.1) is 40.5 Å². The summed E-state index contributed by atoms with van der Waals surface area (Å²) >= 11 is 0. The van der Waals surface area contributed by atoms with Crippen LogP contribution in [0.4, 0.5) is 26.3 Å². The highest BCUT2D eigenvalue weighted by molar-refractivity contribution is 6.18. The molecule has 11 heteroatoms. The van der Waals surface area contributed by atoms with Gasteiger partial charge in [-0.15, -0.1) is 0 Å². The molecule has 5 aromatic heterocycles. The van der Waals surface area contributed by atoms with E-state index in [1.807, 2.05) is 30.3 Å². The van der Waals surface area contributed by atoms with Gasteiger partial charge in [0.1, 0.15) is 34.9 Å². The Balaban J connectivity index is 1.12. The van der Waals surface area contributed by atoms with E-state index >= 15 is 4.39 Å². The van der Waals surface area contributed by atoms with E-state index in [1.54, 1.807) is 29.2 Å². The first-order chi connectivity index (χ1) is 36.6. The Morgan fingerprint density at radius 1 is 0.420 bits per heavy atom. The van der Waals surface area contributed by atoms with E-state index in [2.05, 4.69) is 15.0 Å². The van der Waals surface area contributed by atoms with Crippen LogP contribution in [0.1, 0.15) is 33.2 Å². The highest BCUT2D eigenvalue weighted by Crippen LogP contribution is 2.45. The number of halogens is 6. The maximum Gasteiger partial charge on any atom is 0.135 e. The lowest BCUT2D eigenvalue weighted by atomic mass is 9.86. The smallest absolute Gasteiger partial charge is 0.135 e. The number of hydrogen-bond acceptors (Lipinski definition) is 4. The molecule has 0 atom stereocenters. The van der Waals surface area contributed by atoms with Gasteiger partial charge in [0.2, 0.25) is 0 Å². The molecule has 0 bridgehead atoms. The maximum atomic E-state index is 16.1. The molecule has 0 radical (unpaired) electrons. The lowest BCUT2D eigenvalue weighted by molar-refractivity contribution is 0.584. The summed E-state index contributed by atoms with van der Waals surface area (Å²) in [6.45, 7) is 0. The van der Waals surface area contributed by atoms with Gasteiger partial charge in [0, 0.05) is 74.7 Å². The summed E-state index contributed by atoms with van der Waals surface area (Å²) in [7, 11) is 0. The summed E-state index contributed by atoms with van der Waals surface area (Å²) in [4.78, 5) is 17.7. The number of aryl methyl sites for hydroxylation is 4. The Morgan fingerprint density at radius 2 is 0.986 bits per heavy atom. The molecule has 0 spiro atoms. The molecule has 336 valence electrons. The largest absolute Gasteiger partial charge is 0.298 e. The van der Waals surface area contributed by atoms with Crippen molar-refractivity contribution >= 4 is 27.3 Å². The van der Waals surface area contributed by atoms with Crippen molar-refractivity contribution in [1.29, 1.82) is 0 Å². The average Bonchev–Trinajstić information content (AvgIpc) is 3.97. The quantitative estimate of drug-likeness (QED) is 0.0958. The van der Waals surface area contributed by atoms with E-state index in [4.69, 9.17) is 4.98 Å². The van der Waals surface area contributed by atoms with Crippen LogP contribution < -0.4 is 0 Å². The van der Waals surface area contributed by atoms with Crippen LogP contribution in [0.5, 0.6) is 0 Å².